The first-order chi connectivity index (χ1) is 14.5. The fourth-order valence-corrected chi connectivity index (χ4v) is 4.29. The van der Waals surface area contributed by atoms with E-state index in [1.54, 1.807) is 72.8 Å². The molecule has 0 spiro atoms. The molecule has 1 aliphatic rings. The lowest BCUT2D eigenvalue weighted by molar-refractivity contribution is -0.542. The Morgan fingerprint density at radius 2 is 1.30 bits per heavy atom. The van der Waals surface area contributed by atoms with Gasteiger partial charge in [0, 0.05) is 16.2 Å². The van der Waals surface area contributed by atoms with Gasteiger partial charge in [0.25, 0.3) is 5.78 Å². The minimum atomic E-state index is -2.59. The van der Waals surface area contributed by atoms with Crippen LogP contribution in [0.15, 0.2) is 95.5 Å². The maximum Gasteiger partial charge on any atom is 0.386 e. The maximum absolute atomic E-state index is 13.8. The van der Waals surface area contributed by atoms with E-state index in [0.717, 1.165) is 0 Å². The number of hydrogen-bond donors (Lipinski definition) is 0. The summed E-state index contributed by atoms with van der Waals surface area (Å²) < 4.78 is -0.0299. The van der Waals surface area contributed by atoms with Crippen molar-refractivity contribution in [3.05, 3.63) is 117 Å². The van der Waals surface area contributed by atoms with Crippen molar-refractivity contribution in [2.24, 2.45) is 0 Å². The van der Waals surface area contributed by atoms with Crippen LogP contribution in [-0.4, -0.2) is 16.6 Å². The number of halogens is 1. The quantitative estimate of drug-likeness (QED) is 0.323. The van der Waals surface area contributed by atoms with Gasteiger partial charge in [-0.1, -0.05) is 78.9 Å². The molecule has 148 valence electrons. The molecule has 0 saturated carbocycles. The van der Waals surface area contributed by atoms with Crippen molar-refractivity contribution in [2.75, 3.05) is 4.90 Å². The van der Waals surface area contributed by atoms with Crippen molar-refractivity contribution in [1.29, 1.82) is 0 Å². The first kappa shape index (κ1) is 19.7. The Balaban J connectivity index is 2.07. The van der Waals surface area contributed by atoms with Crippen LogP contribution in [-0.2, 0) is 15.1 Å². The van der Waals surface area contributed by atoms with Crippen molar-refractivity contribution < 1.29 is 14.5 Å². The highest BCUT2D eigenvalue weighted by Gasteiger charge is 2.65. The number of rotatable bonds is 4. The van der Waals surface area contributed by atoms with E-state index >= 15 is 0 Å². The smallest absolute Gasteiger partial charge is 0.284 e. The summed E-state index contributed by atoms with van der Waals surface area (Å²) in [5.41, 5.74) is -1.30. The van der Waals surface area contributed by atoms with E-state index in [-0.39, 0.29) is 15.7 Å². The summed E-state index contributed by atoms with van der Waals surface area (Å²) in [7, 11) is 0. The molecule has 0 N–H and O–H groups in total. The van der Waals surface area contributed by atoms with Gasteiger partial charge in [-0.15, -0.1) is 0 Å². The maximum atomic E-state index is 13.8. The molecule has 6 nitrogen and oxygen atoms in total. The topological polar surface area (TPSA) is 80.5 Å². The van der Waals surface area contributed by atoms with Gasteiger partial charge in [0.05, 0.1) is 10.2 Å². The van der Waals surface area contributed by atoms with Crippen LogP contribution in [0.25, 0.3) is 5.70 Å². The van der Waals surface area contributed by atoms with Crippen molar-refractivity contribution >= 4 is 39.0 Å². The molecule has 0 bridgehead atoms. The number of anilines is 1. The monoisotopic (exact) mass is 462 g/mol. The van der Waals surface area contributed by atoms with E-state index in [1.165, 1.54) is 17.0 Å². The SMILES string of the molecule is O=C1C(Br)=C(c2ccccc2)N(c2ccccc2)C(=O)C1(c1ccccc1)[N+](=O)[O-]. The van der Waals surface area contributed by atoms with Gasteiger partial charge in [-0.05, 0) is 33.6 Å². The Morgan fingerprint density at radius 1 is 0.800 bits per heavy atom. The minimum absolute atomic E-state index is 0.00925. The number of benzene rings is 3. The molecule has 1 atom stereocenters. The lowest BCUT2D eigenvalue weighted by atomic mass is 9.80. The number of carbonyl (C=O) groups is 2. The molecule has 3 aromatic carbocycles. The zero-order valence-electron chi connectivity index (χ0n) is 15.6. The predicted molar refractivity (Wildman–Crippen MR) is 116 cm³/mol. The third kappa shape index (κ3) is 2.86. The molecule has 0 fully saturated rings. The number of amides is 1. The summed E-state index contributed by atoms with van der Waals surface area (Å²) in [5.74, 6) is -1.84. The van der Waals surface area contributed by atoms with Crippen LogP contribution in [0.5, 0.6) is 0 Å². The molecule has 4 rings (SSSR count). The lowest BCUT2D eigenvalue weighted by Crippen LogP contribution is -2.59. The molecule has 7 heteroatoms. The highest BCUT2D eigenvalue weighted by molar-refractivity contribution is 9.12. The van der Waals surface area contributed by atoms with Crippen LogP contribution in [0.3, 0.4) is 0 Å². The van der Waals surface area contributed by atoms with Crippen molar-refractivity contribution in [1.82, 2.24) is 0 Å². The summed E-state index contributed by atoms with van der Waals surface area (Å²) >= 11 is 3.30. The highest BCUT2D eigenvalue weighted by Crippen LogP contribution is 2.44. The number of carbonyl (C=O) groups excluding carboxylic acids is 2. The largest absolute Gasteiger partial charge is 0.386 e. The molecule has 1 aliphatic heterocycles. The second-order valence-electron chi connectivity index (χ2n) is 6.67. The molecule has 0 aromatic heterocycles. The molecule has 0 saturated heterocycles. The number of Topliss-reactive ketones (excluding diaryl/α,β-unsaturated/α-hetero) is 1. The van der Waals surface area contributed by atoms with Crippen molar-refractivity contribution in [2.45, 2.75) is 5.54 Å². The van der Waals surface area contributed by atoms with E-state index in [0.29, 0.717) is 11.3 Å². The fraction of sp³-hybridized carbons (Fsp3) is 0.0435. The third-order valence-corrected chi connectivity index (χ3v) is 5.73. The van der Waals surface area contributed by atoms with Gasteiger partial charge < -0.3 is 0 Å². The van der Waals surface area contributed by atoms with Crippen LogP contribution in [0.2, 0.25) is 0 Å². The van der Waals surface area contributed by atoms with E-state index in [4.69, 9.17) is 0 Å². The predicted octanol–water partition coefficient (Wildman–Crippen LogP) is 4.54. The zero-order valence-corrected chi connectivity index (χ0v) is 17.2. The minimum Gasteiger partial charge on any atom is -0.284 e. The molecule has 30 heavy (non-hydrogen) atoms. The number of nitro groups is 1. The Bertz CT molecular complexity index is 1160. The zero-order chi connectivity index (χ0) is 21.3. The second-order valence-corrected chi connectivity index (χ2v) is 7.46. The van der Waals surface area contributed by atoms with E-state index < -0.39 is 22.2 Å². The number of hydrogen-bond acceptors (Lipinski definition) is 4. The molecular weight excluding hydrogens is 448 g/mol. The van der Waals surface area contributed by atoms with Gasteiger partial charge in [-0.2, -0.15) is 0 Å². The molecule has 1 amide bonds. The Morgan fingerprint density at radius 3 is 1.83 bits per heavy atom. The molecule has 1 heterocycles. The van der Waals surface area contributed by atoms with Crippen molar-refractivity contribution in [3.8, 4) is 0 Å². The third-order valence-electron chi connectivity index (χ3n) is 5.00. The summed E-state index contributed by atoms with van der Waals surface area (Å²) in [6, 6.07) is 25.1. The molecule has 0 radical (unpaired) electrons. The number of para-hydroxylation sites is 1. The van der Waals surface area contributed by atoms with Gasteiger partial charge in [-0.3, -0.25) is 24.6 Å². The second kappa shape index (κ2) is 7.68. The van der Waals surface area contributed by atoms with Crippen LogP contribution < -0.4 is 4.90 Å². The van der Waals surface area contributed by atoms with Crippen LogP contribution in [0.1, 0.15) is 11.1 Å². The van der Waals surface area contributed by atoms with Gasteiger partial charge in [0.2, 0.25) is 0 Å². The first-order valence-corrected chi connectivity index (χ1v) is 9.88. The summed E-state index contributed by atoms with van der Waals surface area (Å²) in [6.45, 7) is 0. The molecule has 1 unspecified atom stereocenters. The Labute approximate surface area is 180 Å². The van der Waals surface area contributed by atoms with Crippen LogP contribution in [0, 0.1) is 10.1 Å². The highest BCUT2D eigenvalue weighted by atomic mass is 79.9. The first-order valence-electron chi connectivity index (χ1n) is 9.09. The molecular formula is C23H15BrN2O4. The number of nitrogens with zero attached hydrogens (tertiary/aromatic N) is 2. The van der Waals surface area contributed by atoms with Gasteiger partial charge >= 0.3 is 11.4 Å². The number of ketones is 1. The fourth-order valence-electron chi connectivity index (χ4n) is 3.60. The summed E-state index contributed by atoms with van der Waals surface area (Å²) in [5, 5.41) is 12.4. The van der Waals surface area contributed by atoms with E-state index in [1.807, 2.05) is 6.07 Å². The summed E-state index contributed by atoms with van der Waals surface area (Å²) in [4.78, 5) is 40.1. The van der Waals surface area contributed by atoms with Crippen molar-refractivity contribution in [3.63, 3.8) is 0 Å². The lowest BCUT2D eigenvalue weighted by Gasteiger charge is -2.36. The van der Waals surface area contributed by atoms with Gasteiger partial charge in [0.15, 0.2) is 0 Å². The van der Waals surface area contributed by atoms with E-state index in [9.17, 15) is 19.7 Å². The Hall–Kier alpha value is -3.58. The van der Waals surface area contributed by atoms with Crippen LogP contribution >= 0.6 is 15.9 Å². The average Bonchev–Trinajstić information content (AvgIpc) is 2.78. The normalized spacial score (nSPS) is 19.2. The Kier molecular flexibility index (Phi) is 5.05. The molecule has 3 aromatic rings. The van der Waals surface area contributed by atoms with Gasteiger partial charge in [0.1, 0.15) is 0 Å². The van der Waals surface area contributed by atoms with Crippen LogP contribution in [0.4, 0.5) is 5.69 Å². The average molecular weight is 463 g/mol. The summed E-state index contributed by atoms with van der Waals surface area (Å²) in [6.07, 6.45) is 0. The standard InChI is InChI=1S/C23H15BrN2O4/c24-19-20(16-10-4-1-5-11-16)25(18-14-8-3-9-15-18)22(28)23(21(19)27,26(29)30)17-12-6-2-7-13-17/h1-15H. The van der Waals surface area contributed by atoms with E-state index in [2.05, 4.69) is 15.9 Å². The molecule has 0 aliphatic carbocycles. The van der Waals surface area contributed by atoms with Gasteiger partial charge in [-0.25, -0.2) is 0 Å².